The lowest BCUT2D eigenvalue weighted by molar-refractivity contribution is -0.129. The summed E-state index contributed by atoms with van der Waals surface area (Å²) in [4.78, 5) is 13.8. The molecule has 0 aromatic heterocycles. The summed E-state index contributed by atoms with van der Waals surface area (Å²) in [7, 11) is 0. The summed E-state index contributed by atoms with van der Waals surface area (Å²) in [5.74, 6) is 0.0579. The molecule has 1 radical (unpaired) electrons. The van der Waals surface area contributed by atoms with Crippen LogP contribution in [0.5, 0.6) is 0 Å². The van der Waals surface area contributed by atoms with Crippen LogP contribution < -0.4 is 0 Å². The third kappa shape index (κ3) is 3.10. The number of likely N-dealkylation sites (tertiary alicyclic amines) is 1. The van der Waals surface area contributed by atoms with Gasteiger partial charge in [-0.15, -0.1) is 0 Å². The van der Waals surface area contributed by atoms with Gasteiger partial charge in [0.1, 0.15) is 11.6 Å². The minimum Gasteiger partial charge on any atom is -0.335 e. The zero-order valence-corrected chi connectivity index (χ0v) is 10.1. The number of rotatable bonds is 2. The van der Waals surface area contributed by atoms with E-state index in [1.165, 1.54) is 0 Å². The molecule has 1 aliphatic rings. The lowest BCUT2D eigenvalue weighted by atomic mass is 10.0. The highest BCUT2D eigenvalue weighted by molar-refractivity contribution is 5.97. The molecule has 1 atom stereocenters. The Bertz CT molecular complexity index is 325. The number of amides is 1. The molecule has 1 fully saturated rings. The fourth-order valence-electron chi connectivity index (χ4n) is 1.91. The Morgan fingerprint density at radius 1 is 1.56 bits per heavy atom. The van der Waals surface area contributed by atoms with Gasteiger partial charge in [0.25, 0.3) is 5.91 Å². The van der Waals surface area contributed by atoms with E-state index in [4.69, 9.17) is 5.26 Å². The molecule has 1 saturated heterocycles. The molecule has 0 aromatic rings. The van der Waals surface area contributed by atoms with Crippen molar-refractivity contribution >= 4 is 5.91 Å². The van der Waals surface area contributed by atoms with Gasteiger partial charge < -0.3 is 4.90 Å². The van der Waals surface area contributed by atoms with Crippen LogP contribution in [0.4, 0.5) is 0 Å². The second kappa shape index (κ2) is 5.69. The predicted molar refractivity (Wildman–Crippen MR) is 63.2 cm³/mol. The van der Waals surface area contributed by atoms with Crippen molar-refractivity contribution in [3.05, 3.63) is 18.6 Å². The Morgan fingerprint density at radius 3 is 2.75 bits per heavy atom. The van der Waals surface area contributed by atoms with E-state index in [2.05, 4.69) is 6.92 Å². The Hall–Kier alpha value is -1.30. The second-order valence-corrected chi connectivity index (χ2v) is 4.58. The maximum atomic E-state index is 12.1. The number of hydrogen-bond donors (Lipinski definition) is 0. The quantitative estimate of drug-likeness (QED) is 0.528. The largest absolute Gasteiger partial charge is 0.335 e. The van der Waals surface area contributed by atoms with Crippen molar-refractivity contribution in [1.29, 1.82) is 5.26 Å². The molecule has 1 rings (SSSR count). The maximum absolute atomic E-state index is 12.1. The third-order valence-corrected chi connectivity index (χ3v) is 2.74. The van der Waals surface area contributed by atoms with Gasteiger partial charge in [-0.2, -0.15) is 5.26 Å². The molecule has 3 heteroatoms. The van der Waals surface area contributed by atoms with Crippen molar-refractivity contribution in [3.8, 4) is 6.07 Å². The molecule has 0 saturated carbocycles. The Labute approximate surface area is 97.7 Å². The van der Waals surface area contributed by atoms with Gasteiger partial charge in [-0.05, 0) is 32.1 Å². The highest BCUT2D eigenvalue weighted by Gasteiger charge is 2.25. The highest BCUT2D eigenvalue weighted by Crippen LogP contribution is 2.18. The predicted octanol–water partition coefficient (Wildman–Crippen LogP) is 2.31. The normalized spacial score (nSPS) is 22.1. The first-order valence-corrected chi connectivity index (χ1v) is 5.82. The van der Waals surface area contributed by atoms with Crippen LogP contribution in [-0.2, 0) is 4.79 Å². The van der Waals surface area contributed by atoms with Gasteiger partial charge in [0, 0.05) is 12.6 Å². The summed E-state index contributed by atoms with van der Waals surface area (Å²) in [6, 6.07) is 2.01. The van der Waals surface area contributed by atoms with Crippen LogP contribution in [0.3, 0.4) is 0 Å². The van der Waals surface area contributed by atoms with Crippen molar-refractivity contribution in [2.24, 2.45) is 5.92 Å². The van der Waals surface area contributed by atoms with Gasteiger partial charge >= 0.3 is 0 Å². The molecule has 1 amide bonds. The van der Waals surface area contributed by atoms with E-state index in [0.717, 1.165) is 25.8 Å². The molecule has 87 valence electrons. The first kappa shape index (κ1) is 12.8. The number of nitrogens with zero attached hydrogens (tertiary/aromatic N) is 2. The zero-order valence-electron chi connectivity index (χ0n) is 10.1. The van der Waals surface area contributed by atoms with Crippen molar-refractivity contribution in [2.45, 2.75) is 39.2 Å². The van der Waals surface area contributed by atoms with Crippen LogP contribution >= 0.6 is 0 Å². The first-order chi connectivity index (χ1) is 7.56. The van der Waals surface area contributed by atoms with Gasteiger partial charge in [-0.25, -0.2) is 0 Å². The van der Waals surface area contributed by atoms with Crippen molar-refractivity contribution < 1.29 is 4.79 Å². The van der Waals surface area contributed by atoms with E-state index in [-0.39, 0.29) is 23.4 Å². The SMILES string of the molecule is [CH2][C@@H]1CCCCN1C(=O)/C(C#N)=C/C(C)C. The van der Waals surface area contributed by atoms with E-state index in [1.807, 2.05) is 19.9 Å². The van der Waals surface area contributed by atoms with Crippen LogP contribution in [0.25, 0.3) is 0 Å². The number of nitriles is 1. The lowest BCUT2D eigenvalue weighted by Gasteiger charge is -2.33. The molecular weight excluding hydrogens is 200 g/mol. The van der Waals surface area contributed by atoms with E-state index in [1.54, 1.807) is 11.0 Å². The standard InChI is InChI=1S/C13H19N2O/c1-10(2)8-12(9-14)13(16)15-7-5-4-6-11(15)3/h8,10-11H,3-7H2,1-2H3/b12-8+/t11-/m1/s1. The summed E-state index contributed by atoms with van der Waals surface area (Å²) in [5.41, 5.74) is 0.255. The number of carbonyl (C=O) groups excluding carboxylic acids is 1. The average molecular weight is 219 g/mol. The Balaban J connectivity index is 2.79. The number of hydrogen-bond acceptors (Lipinski definition) is 2. The van der Waals surface area contributed by atoms with Crippen molar-refractivity contribution in [3.63, 3.8) is 0 Å². The highest BCUT2D eigenvalue weighted by atomic mass is 16.2. The molecule has 1 aliphatic heterocycles. The monoisotopic (exact) mass is 219 g/mol. The topological polar surface area (TPSA) is 44.1 Å². The molecule has 3 nitrogen and oxygen atoms in total. The molecule has 1 heterocycles. The van der Waals surface area contributed by atoms with Crippen molar-refractivity contribution in [2.75, 3.05) is 6.54 Å². The minimum atomic E-state index is -0.157. The van der Waals surface area contributed by atoms with Crippen molar-refractivity contribution in [1.82, 2.24) is 4.90 Å². The average Bonchev–Trinajstić information content (AvgIpc) is 2.25. The summed E-state index contributed by atoms with van der Waals surface area (Å²) in [6.07, 6.45) is 4.79. The second-order valence-electron chi connectivity index (χ2n) is 4.58. The maximum Gasteiger partial charge on any atom is 0.264 e. The first-order valence-electron chi connectivity index (χ1n) is 5.82. The molecule has 0 unspecified atom stereocenters. The van der Waals surface area contributed by atoms with Crippen LogP contribution in [0.1, 0.15) is 33.1 Å². The fourth-order valence-corrected chi connectivity index (χ4v) is 1.91. The van der Waals surface area contributed by atoms with Crippen LogP contribution in [0, 0.1) is 24.2 Å². The Kier molecular flexibility index (Phi) is 4.54. The zero-order chi connectivity index (χ0) is 12.1. The minimum absolute atomic E-state index is 0.0187. The van der Waals surface area contributed by atoms with Crippen LogP contribution in [0.15, 0.2) is 11.6 Å². The van der Waals surface area contributed by atoms with E-state index in [0.29, 0.717) is 0 Å². The van der Waals surface area contributed by atoms with Gasteiger partial charge in [0.15, 0.2) is 0 Å². The Morgan fingerprint density at radius 2 is 2.25 bits per heavy atom. The van der Waals surface area contributed by atoms with E-state index >= 15 is 0 Å². The summed E-state index contributed by atoms with van der Waals surface area (Å²) >= 11 is 0. The summed E-state index contributed by atoms with van der Waals surface area (Å²) < 4.78 is 0. The van der Waals surface area contributed by atoms with Crippen LogP contribution in [0.2, 0.25) is 0 Å². The van der Waals surface area contributed by atoms with E-state index < -0.39 is 0 Å². The van der Waals surface area contributed by atoms with Gasteiger partial charge in [-0.1, -0.05) is 19.9 Å². The molecule has 0 aliphatic carbocycles. The summed E-state index contributed by atoms with van der Waals surface area (Å²) in [6.45, 7) is 8.61. The molecule has 16 heavy (non-hydrogen) atoms. The third-order valence-electron chi connectivity index (χ3n) is 2.74. The molecule has 0 bridgehead atoms. The number of allylic oxidation sites excluding steroid dienone is 1. The fraction of sp³-hybridized carbons (Fsp3) is 0.615. The lowest BCUT2D eigenvalue weighted by Crippen LogP contribution is -2.42. The van der Waals surface area contributed by atoms with Gasteiger partial charge in [0.05, 0.1) is 0 Å². The molecule has 0 spiro atoms. The molecular formula is C13H19N2O. The molecule has 0 aromatic carbocycles. The summed E-state index contributed by atoms with van der Waals surface area (Å²) in [5, 5.41) is 8.98. The van der Waals surface area contributed by atoms with Crippen LogP contribution in [-0.4, -0.2) is 23.4 Å². The number of piperidine rings is 1. The molecule has 0 N–H and O–H groups in total. The smallest absolute Gasteiger partial charge is 0.264 e. The van der Waals surface area contributed by atoms with E-state index in [9.17, 15) is 4.79 Å². The number of carbonyl (C=O) groups is 1. The van der Waals surface area contributed by atoms with Gasteiger partial charge in [0.2, 0.25) is 0 Å². The van der Waals surface area contributed by atoms with Gasteiger partial charge in [-0.3, -0.25) is 4.79 Å².